The van der Waals surface area contributed by atoms with Gasteiger partial charge in [0.05, 0.1) is 10.6 Å². The number of carbonyl (C=O) groups excluding carboxylic acids is 2. The number of aromatic nitrogens is 1. The minimum Gasteiger partial charge on any atom is -0.300 e. The van der Waals surface area contributed by atoms with Crippen LogP contribution in [0.4, 0.5) is 5.13 Å². The molecule has 0 radical (unpaired) electrons. The fourth-order valence-electron chi connectivity index (χ4n) is 2.41. The van der Waals surface area contributed by atoms with E-state index in [1.165, 1.54) is 28.0 Å². The Morgan fingerprint density at radius 3 is 2.74 bits per heavy atom. The molecule has 2 heterocycles. The molecule has 138 valence electrons. The molecule has 1 saturated heterocycles. The molecule has 1 fully saturated rings. The summed E-state index contributed by atoms with van der Waals surface area (Å²) in [5.74, 6) is -0.574. The standard InChI is InChI=1S/C19H17N3O2S3/c1-12(8-14-6-4-3-5-7-14)9-15-17(24)22(19(25)27-15)10-16(23)21-18-20-13(2)11-26-18/h3-9,11H,10H2,1-2H3,(H,20,21,23)/b12-8+,15-9+. The average molecular weight is 416 g/mol. The molecule has 1 aromatic carbocycles. The third-order valence-corrected chi connectivity index (χ3v) is 5.85. The monoisotopic (exact) mass is 415 g/mol. The lowest BCUT2D eigenvalue weighted by Gasteiger charge is -2.13. The van der Waals surface area contributed by atoms with Crippen LogP contribution < -0.4 is 5.32 Å². The normalized spacial score (nSPS) is 16.3. The first-order valence-corrected chi connectivity index (χ1v) is 10.2. The second-order valence-electron chi connectivity index (χ2n) is 5.91. The van der Waals surface area contributed by atoms with Crippen molar-refractivity contribution in [3.05, 3.63) is 63.5 Å². The number of rotatable bonds is 5. The zero-order valence-corrected chi connectivity index (χ0v) is 17.2. The van der Waals surface area contributed by atoms with Gasteiger partial charge in [0, 0.05) is 5.38 Å². The van der Waals surface area contributed by atoms with Crippen LogP contribution in [0.15, 0.2) is 52.3 Å². The van der Waals surface area contributed by atoms with Crippen molar-refractivity contribution in [2.24, 2.45) is 0 Å². The summed E-state index contributed by atoms with van der Waals surface area (Å²) in [6.07, 6.45) is 3.79. The fourth-order valence-corrected chi connectivity index (χ4v) is 4.42. The predicted molar refractivity (Wildman–Crippen MR) is 116 cm³/mol. The number of amides is 2. The zero-order chi connectivity index (χ0) is 19.4. The van der Waals surface area contributed by atoms with Crippen LogP contribution in [0.1, 0.15) is 18.2 Å². The maximum atomic E-state index is 12.6. The average Bonchev–Trinajstić information content (AvgIpc) is 3.14. The molecule has 0 atom stereocenters. The molecule has 3 rings (SSSR count). The Bertz CT molecular complexity index is 948. The second-order valence-corrected chi connectivity index (χ2v) is 8.44. The molecule has 0 saturated carbocycles. The van der Waals surface area contributed by atoms with Gasteiger partial charge >= 0.3 is 0 Å². The van der Waals surface area contributed by atoms with Crippen molar-refractivity contribution in [3.63, 3.8) is 0 Å². The Hall–Kier alpha value is -2.29. The summed E-state index contributed by atoms with van der Waals surface area (Å²) in [6.45, 7) is 3.66. The first-order valence-electron chi connectivity index (χ1n) is 8.13. The number of aryl methyl sites for hydroxylation is 1. The van der Waals surface area contributed by atoms with Crippen LogP contribution in [-0.2, 0) is 9.59 Å². The molecule has 0 unspecified atom stereocenters. The SMILES string of the molecule is CC(=C\c1ccccc1)/C=C1/SC(=S)N(CC(=O)Nc2nc(C)cs2)C1=O. The van der Waals surface area contributed by atoms with Crippen molar-refractivity contribution >= 4 is 62.7 Å². The summed E-state index contributed by atoms with van der Waals surface area (Å²) in [5, 5.41) is 5.05. The highest BCUT2D eigenvalue weighted by Crippen LogP contribution is 2.32. The Morgan fingerprint density at radius 1 is 1.33 bits per heavy atom. The second kappa shape index (κ2) is 8.60. The van der Waals surface area contributed by atoms with Crippen LogP contribution in [0.2, 0.25) is 0 Å². The summed E-state index contributed by atoms with van der Waals surface area (Å²) in [4.78, 5) is 30.8. The van der Waals surface area contributed by atoms with E-state index < -0.39 is 0 Å². The van der Waals surface area contributed by atoms with E-state index in [1.54, 1.807) is 6.08 Å². The van der Waals surface area contributed by atoms with E-state index >= 15 is 0 Å². The molecule has 1 aromatic heterocycles. The first-order chi connectivity index (χ1) is 12.9. The number of carbonyl (C=O) groups is 2. The molecule has 1 N–H and O–H groups in total. The molecular weight excluding hydrogens is 398 g/mol. The van der Waals surface area contributed by atoms with Gasteiger partial charge in [-0.15, -0.1) is 11.3 Å². The summed E-state index contributed by atoms with van der Waals surface area (Å²) in [7, 11) is 0. The maximum Gasteiger partial charge on any atom is 0.266 e. The Morgan fingerprint density at radius 2 is 2.07 bits per heavy atom. The highest BCUT2D eigenvalue weighted by Gasteiger charge is 2.33. The summed E-state index contributed by atoms with van der Waals surface area (Å²) < 4.78 is 0.379. The minimum absolute atomic E-state index is 0.123. The van der Waals surface area contributed by atoms with Crippen LogP contribution in [0, 0.1) is 6.92 Å². The highest BCUT2D eigenvalue weighted by molar-refractivity contribution is 8.26. The topological polar surface area (TPSA) is 62.3 Å². The van der Waals surface area contributed by atoms with Gasteiger partial charge < -0.3 is 5.32 Å². The molecule has 1 aliphatic rings. The number of hydrogen-bond donors (Lipinski definition) is 1. The van der Waals surface area contributed by atoms with Crippen molar-refractivity contribution in [3.8, 4) is 0 Å². The van der Waals surface area contributed by atoms with Gasteiger partial charge in [-0.05, 0) is 31.1 Å². The minimum atomic E-state index is -0.321. The van der Waals surface area contributed by atoms with E-state index in [0.717, 1.165) is 16.8 Å². The molecule has 0 aliphatic carbocycles. The number of benzene rings is 1. The van der Waals surface area contributed by atoms with Crippen molar-refractivity contribution in [1.29, 1.82) is 0 Å². The van der Waals surface area contributed by atoms with E-state index in [1.807, 2.05) is 55.6 Å². The molecule has 2 aromatic rings. The van der Waals surface area contributed by atoms with Crippen LogP contribution in [0.25, 0.3) is 6.08 Å². The number of thiazole rings is 1. The molecule has 27 heavy (non-hydrogen) atoms. The number of thiocarbonyl (C=S) groups is 1. The Kier molecular flexibility index (Phi) is 6.20. The smallest absolute Gasteiger partial charge is 0.266 e. The van der Waals surface area contributed by atoms with Crippen molar-refractivity contribution in [2.45, 2.75) is 13.8 Å². The van der Waals surface area contributed by atoms with E-state index in [2.05, 4.69) is 10.3 Å². The van der Waals surface area contributed by atoms with Crippen LogP contribution >= 0.6 is 35.3 Å². The highest BCUT2D eigenvalue weighted by atomic mass is 32.2. The van der Waals surface area contributed by atoms with E-state index in [0.29, 0.717) is 14.4 Å². The molecule has 0 spiro atoms. The van der Waals surface area contributed by atoms with E-state index in [4.69, 9.17) is 12.2 Å². The Balaban J connectivity index is 1.67. The van der Waals surface area contributed by atoms with Crippen LogP contribution in [0.5, 0.6) is 0 Å². The quantitative estimate of drug-likeness (QED) is 0.585. The molecule has 1 aliphatic heterocycles. The van der Waals surface area contributed by atoms with E-state index in [9.17, 15) is 9.59 Å². The third-order valence-electron chi connectivity index (χ3n) is 3.59. The molecule has 8 heteroatoms. The van der Waals surface area contributed by atoms with Crippen molar-refractivity contribution in [2.75, 3.05) is 11.9 Å². The van der Waals surface area contributed by atoms with Gasteiger partial charge in [-0.2, -0.15) is 0 Å². The number of thioether (sulfide) groups is 1. The molecule has 5 nitrogen and oxygen atoms in total. The largest absolute Gasteiger partial charge is 0.300 e. The van der Waals surface area contributed by atoms with Gasteiger partial charge in [0.2, 0.25) is 5.91 Å². The van der Waals surface area contributed by atoms with Gasteiger partial charge in [-0.3, -0.25) is 14.5 Å². The van der Waals surface area contributed by atoms with E-state index in [-0.39, 0.29) is 18.4 Å². The van der Waals surface area contributed by atoms with Crippen molar-refractivity contribution in [1.82, 2.24) is 9.88 Å². The summed E-state index contributed by atoms with van der Waals surface area (Å²) in [5.41, 5.74) is 2.83. The number of anilines is 1. The lowest BCUT2D eigenvalue weighted by Crippen LogP contribution is -2.36. The van der Waals surface area contributed by atoms with Gasteiger partial charge in [0.15, 0.2) is 5.13 Å². The number of hydrogen-bond acceptors (Lipinski definition) is 6. The van der Waals surface area contributed by atoms with Gasteiger partial charge in [0.25, 0.3) is 5.91 Å². The van der Waals surface area contributed by atoms with Gasteiger partial charge in [-0.1, -0.05) is 60.4 Å². The fraction of sp³-hybridized carbons (Fsp3) is 0.158. The Labute approximate surface area is 171 Å². The number of nitrogens with one attached hydrogen (secondary N) is 1. The van der Waals surface area contributed by atoms with Gasteiger partial charge in [0.1, 0.15) is 10.9 Å². The van der Waals surface area contributed by atoms with Crippen molar-refractivity contribution < 1.29 is 9.59 Å². The zero-order valence-electron chi connectivity index (χ0n) is 14.8. The summed E-state index contributed by atoms with van der Waals surface area (Å²) >= 11 is 7.83. The molecular formula is C19H17N3O2S3. The lowest BCUT2D eigenvalue weighted by atomic mass is 10.1. The molecule has 2 amide bonds. The first kappa shape index (κ1) is 19.5. The summed E-state index contributed by atoms with van der Waals surface area (Å²) in [6, 6.07) is 9.86. The molecule has 0 bridgehead atoms. The number of nitrogens with zero attached hydrogens (tertiary/aromatic N) is 2. The number of allylic oxidation sites excluding steroid dienone is 2. The third kappa shape index (κ3) is 5.12. The van der Waals surface area contributed by atoms with Crippen LogP contribution in [0.3, 0.4) is 0 Å². The van der Waals surface area contributed by atoms with Crippen LogP contribution in [-0.4, -0.2) is 32.6 Å². The maximum absolute atomic E-state index is 12.6. The lowest BCUT2D eigenvalue weighted by molar-refractivity contribution is -0.126. The predicted octanol–water partition coefficient (Wildman–Crippen LogP) is 4.24. The van der Waals surface area contributed by atoms with Gasteiger partial charge in [-0.25, -0.2) is 4.98 Å².